The number of aryl methyl sites for hydroxylation is 2. The fraction of sp³-hybridized carbons (Fsp3) is 0.619. The number of fused-ring (bicyclic) bond motifs is 2. The van der Waals surface area contributed by atoms with Crippen LogP contribution in [0.5, 0.6) is 0 Å². The molecule has 2 aliphatic rings. The van der Waals surface area contributed by atoms with Crippen molar-refractivity contribution in [2.75, 3.05) is 12.3 Å². The van der Waals surface area contributed by atoms with Gasteiger partial charge in [-0.1, -0.05) is 50.7 Å². The lowest BCUT2D eigenvalue weighted by atomic mass is 9.65. The number of tetrazole rings is 1. The molecule has 2 bridgehead atoms. The van der Waals surface area contributed by atoms with Gasteiger partial charge in [-0.15, -0.1) is 5.10 Å². The summed E-state index contributed by atoms with van der Waals surface area (Å²) in [4.78, 5) is 15.2. The number of hydrogen-bond donors (Lipinski definition) is 0. The van der Waals surface area contributed by atoms with Crippen LogP contribution >= 0.6 is 11.8 Å². The summed E-state index contributed by atoms with van der Waals surface area (Å²) in [5.41, 5.74) is 3.79. The second-order valence-corrected chi connectivity index (χ2v) is 10.6. The summed E-state index contributed by atoms with van der Waals surface area (Å²) in [6.45, 7) is 12.0. The molecule has 1 saturated heterocycles. The molecule has 4 rings (SSSR count). The van der Waals surface area contributed by atoms with E-state index >= 15 is 0 Å². The number of rotatable bonds is 4. The molecule has 1 aromatic heterocycles. The van der Waals surface area contributed by atoms with Crippen LogP contribution in [-0.4, -0.2) is 49.4 Å². The number of para-hydroxylation sites is 1. The Kier molecular flexibility index (Phi) is 4.76. The fourth-order valence-electron chi connectivity index (χ4n) is 5.51. The zero-order chi connectivity index (χ0) is 20.1. The first-order chi connectivity index (χ1) is 13.2. The van der Waals surface area contributed by atoms with Crippen LogP contribution < -0.4 is 0 Å². The fourth-order valence-corrected chi connectivity index (χ4v) is 6.27. The second kappa shape index (κ2) is 6.87. The van der Waals surface area contributed by atoms with E-state index in [1.165, 1.54) is 18.2 Å². The molecule has 0 radical (unpaired) electrons. The minimum Gasteiger partial charge on any atom is -0.338 e. The lowest BCUT2D eigenvalue weighted by Gasteiger charge is -2.39. The topological polar surface area (TPSA) is 63.9 Å². The summed E-state index contributed by atoms with van der Waals surface area (Å²) in [6.07, 6.45) is 3.42. The van der Waals surface area contributed by atoms with E-state index in [1.54, 1.807) is 4.68 Å². The van der Waals surface area contributed by atoms with Crippen molar-refractivity contribution in [3.8, 4) is 5.69 Å². The third-order valence-electron chi connectivity index (χ3n) is 6.15. The molecular formula is C21H29N5OS. The van der Waals surface area contributed by atoms with Gasteiger partial charge in [0.05, 0.1) is 11.4 Å². The monoisotopic (exact) mass is 399 g/mol. The Morgan fingerprint density at radius 3 is 2.64 bits per heavy atom. The molecule has 0 unspecified atom stereocenters. The molecule has 2 aromatic rings. The molecule has 1 aromatic carbocycles. The van der Waals surface area contributed by atoms with E-state index in [2.05, 4.69) is 67.2 Å². The maximum Gasteiger partial charge on any atom is 0.233 e. The van der Waals surface area contributed by atoms with Crippen molar-refractivity contribution in [1.29, 1.82) is 0 Å². The van der Waals surface area contributed by atoms with E-state index in [9.17, 15) is 4.79 Å². The second-order valence-electron chi connectivity index (χ2n) is 9.64. The van der Waals surface area contributed by atoms with E-state index < -0.39 is 0 Å². The third-order valence-corrected chi connectivity index (χ3v) is 7.06. The number of carbonyl (C=O) groups is 1. The lowest BCUT2D eigenvalue weighted by Crippen LogP contribution is -2.38. The van der Waals surface area contributed by atoms with Crippen LogP contribution in [0.2, 0.25) is 0 Å². The molecule has 150 valence electrons. The Morgan fingerprint density at radius 1 is 1.21 bits per heavy atom. The number of likely N-dealkylation sites (tertiary alicyclic amines) is 1. The van der Waals surface area contributed by atoms with E-state index in [-0.39, 0.29) is 11.3 Å². The first-order valence-electron chi connectivity index (χ1n) is 9.95. The lowest BCUT2D eigenvalue weighted by molar-refractivity contribution is -0.129. The molecule has 28 heavy (non-hydrogen) atoms. The zero-order valence-corrected chi connectivity index (χ0v) is 18.2. The molecular weight excluding hydrogens is 370 g/mol. The van der Waals surface area contributed by atoms with Crippen molar-refractivity contribution in [2.24, 2.45) is 10.8 Å². The summed E-state index contributed by atoms with van der Waals surface area (Å²) in [6, 6.07) is 6.51. The first-order valence-corrected chi connectivity index (χ1v) is 10.9. The van der Waals surface area contributed by atoms with Crippen LogP contribution in [0.25, 0.3) is 5.69 Å². The molecule has 0 N–H and O–H groups in total. The zero-order valence-electron chi connectivity index (χ0n) is 17.4. The Bertz CT molecular complexity index is 888. The molecule has 2 heterocycles. The number of amides is 1. The van der Waals surface area contributed by atoms with Gasteiger partial charge in [-0.25, -0.2) is 0 Å². The predicted molar refractivity (Wildman–Crippen MR) is 111 cm³/mol. The number of hydrogen-bond acceptors (Lipinski definition) is 5. The molecule has 1 aliphatic heterocycles. The van der Waals surface area contributed by atoms with E-state index in [0.29, 0.717) is 22.4 Å². The van der Waals surface area contributed by atoms with Gasteiger partial charge in [0.25, 0.3) is 0 Å². The normalized spacial score (nSPS) is 25.9. The van der Waals surface area contributed by atoms with Crippen LogP contribution in [0.15, 0.2) is 23.4 Å². The molecule has 7 heteroatoms. The van der Waals surface area contributed by atoms with Crippen LogP contribution in [0.4, 0.5) is 0 Å². The van der Waals surface area contributed by atoms with E-state index in [4.69, 9.17) is 0 Å². The average molecular weight is 400 g/mol. The van der Waals surface area contributed by atoms with Crippen molar-refractivity contribution in [3.05, 3.63) is 29.3 Å². The van der Waals surface area contributed by atoms with Gasteiger partial charge in [-0.2, -0.15) is 4.68 Å². The van der Waals surface area contributed by atoms with Gasteiger partial charge in [0.15, 0.2) is 0 Å². The highest BCUT2D eigenvalue weighted by Crippen LogP contribution is 2.52. The molecule has 1 saturated carbocycles. The van der Waals surface area contributed by atoms with Crippen molar-refractivity contribution < 1.29 is 4.79 Å². The number of benzene rings is 1. The van der Waals surface area contributed by atoms with Gasteiger partial charge < -0.3 is 4.90 Å². The summed E-state index contributed by atoms with van der Waals surface area (Å²) < 4.78 is 1.76. The van der Waals surface area contributed by atoms with E-state index in [0.717, 1.165) is 36.2 Å². The molecule has 2 fully saturated rings. The predicted octanol–water partition coefficient (Wildman–Crippen LogP) is 3.80. The highest BCUT2D eigenvalue weighted by molar-refractivity contribution is 7.99. The Morgan fingerprint density at radius 2 is 1.93 bits per heavy atom. The Labute approximate surface area is 171 Å². The number of carbonyl (C=O) groups excluding carboxylic acids is 1. The number of nitrogens with zero attached hydrogens (tertiary/aromatic N) is 5. The highest BCUT2D eigenvalue weighted by Gasteiger charge is 2.50. The van der Waals surface area contributed by atoms with Crippen molar-refractivity contribution in [3.63, 3.8) is 0 Å². The van der Waals surface area contributed by atoms with Gasteiger partial charge in [-0.3, -0.25) is 4.79 Å². The Hall–Kier alpha value is -1.89. The summed E-state index contributed by atoms with van der Waals surface area (Å²) >= 11 is 1.43. The van der Waals surface area contributed by atoms with Gasteiger partial charge in [0.1, 0.15) is 0 Å². The number of aromatic nitrogens is 4. The maximum absolute atomic E-state index is 13.0. The molecule has 1 amide bonds. The molecule has 6 nitrogen and oxygen atoms in total. The summed E-state index contributed by atoms with van der Waals surface area (Å²) in [5.74, 6) is 0.575. The van der Waals surface area contributed by atoms with Gasteiger partial charge in [0.2, 0.25) is 11.1 Å². The van der Waals surface area contributed by atoms with Crippen molar-refractivity contribution >= 4 is 17.7 Å². The summed E-state index contributed by atoms with van der Waals surface area (Å²) in [7, 11) is 0. The smallest absolute Gasteiger partial charge is 0.233 e. The standard InChI is InChI=1S/C21H29N5OS/c1-14-7-6-8-15(2)18(14)26-19(22-23-24-26)28-11-17(27)25-13-21(5)10-16(25)9-20(3,4)12-21/h6-8,16H,9-13H2,1-5H3/t16-,21-/m1/s1. The van der Waals surface area contributed by atoms with Gasteiger partial charge >= 0.3 is 0 Å². The van der Waals surface area contributed by atoms with Crippen LogP contribution in [0, 0.1) is 24.7 Å². The highest BCUT2D eigenvalue weighted by atomic mass is 32.2. The Balaban J connectivity index is 1.48. The maximum atomic E-state index is 13.0. The quantitative estimate of drug-likeness (QED) is 0.732. The summed E-state index contributed by atoms with van der Waals surface area (Å²) in [5, 5.41) is 12.9. The molecule has 1 aliphatic carbocycles. The van der Waals surface area contributed by atoms with Crippen molar-refractivity contribution in [2.45, 2.75) is 65.1 Å². The van der Waals surface area contributed by atoms with Crippen LogP contribution in [0.1, 0.15) is 51.2 Å². The van der Waals surface area contributed by atoms with Crippen LogP contribution in [-0.2, 0) is 4.79 Å². The molecule has 0 spiro atoms. The SMILES string of the molecule is Cc1cccc(C)c1-n1nnnc1SCC(=O)N1C[C@]2(C)C[C@H]1CC(C)(C)C2. The molecule has 2 atom stereocenters. The van der Waals surface area contributed by atoms with Crippen molar-refractivity contribution in [1.82, 2.24) is 25.1 Å². The minimum absolute atomic E-state index is 0.201. The minimum atomic E-state index is 0.201. The van der Waals surface area contributed by atoms with Crippen LogP contribution in [0.3, 0.4) is 0 Å². The van der Waals surface area contributed by atoms with E-state index in [1.807, 2.05) is 6.07 Å². The van der Waals surface area contributed by atoms with Gasteiger partial charge in [-0.05, 0) is 65.5 Å². The van der Waals surface area contributed by atoms with Gasteiger partial charge in [0, 0.05) is 12.6 Å². The largest absolute Gasteiger partial charge is 0.338 e. The number of thioether (sulfide) groups is 1. The average Bonchev–Trinajstić information content (AvgIpc) is 3.13. The first kappa shape index (κ1) is 19.4. The third kappa shape index (κ3) is 3.56.